The standard InChI is InChI=1S/C19H19N5O2S/c1-12(2)26-17(25)8-10-22-19-21-9-7-14(24-19)13(11-20)18-23-15-5-3-4-6-16(15)27-18/h3-7,9,12-13H,8,10H2,1-2H3,(H,21,22,24). The van der Waals surface area contributed by atoms with Crippen LogP contribution in [0.15, 0.2) is 36.5 Å². The second-order valence-electron chi connectivity index (χ2n) is 6.10. The molecule has 1 unspecified atom stereocenters. The van der Waals surface area contributed by atoms with Gasteiger partial charge in [0.05, 0.1) is 34.5 Å². The predicted molar refractivity (Wildman–Crippen MR) is 103 cm³/mol. The molecule has 0 fully saturated rings. The van der Waals surface area contributed by atoms with E-state index in [1.165, 1.54) is 11.3 Å². The lowest BCUT2D eigenvalue weighted by Gasteiger charge is -2.10. The Balaban J connectivity index is 1.71. The molecule has 2 heterocycles. The topological polar surface area (TPSA) is 101 Å². The van der Waals surface area contributed by atoms with Gasteiger partial charge >= 0.3 is 5.97 Å². The quantitative estimate of drug-likeness (QED) is 0.625. The molecule has 0 bridgehead atoms. The van der Waals surface area contributed by atoms with Crippen molar-refractivity contribution in [1.29, 1.82) is 5.26 Å². The van der Waals surface area contributed by atoms with Crippen LogP contribution in [-0.2, 0) is 9.53 Å². The van der Waals surface area contributed by atoms with Crippen LogP contribution in [0, 0.1) is 11.3 Å². The van der Waals surface area contributed by atoms with Crippen molar-refractivity contribution in [3.63, 3.8) is 0 Å². The Hall–Kier alpha value is -3.05. The lowest BCUT2D eigenvalue weighted by Crippen LogP contribution is -2.16. The van der Waals surface area contributed by atoms with E-state index >= 15 is 0 Å². The molecule has 0 saturated heterocycles. The summed E-state index contributed by atoms with van der Waals surface area (Å²) in [5.74, 6) is -0.485. The number of esters is 1. The lowest BCUT2D eigenvalue weighted by molar-refractivity contribution is -0.147. The van der Waals surface area contributed by atoms with Crippen molar-refractivity contribution in [3.8, 4) is 6.07 Å². The number of nitriles is 1. The van der Waals surface area contributed by atoms with E-state index in [0.717, 1.165) is 10.2 Å². The van der Waals surface area contributed by atoms with Gasteiger partial charge in [0.25, 0.3) is 0 Å². The number of nitrogens with one attached hydrogen (secondary N) is 1. The fourth-order valence-electron chi connectivity index (χ4n) is 2.48. The van der Waals surface area contributed by atoms with Gasteiger partial charge in [-0.1, -0.05) is 12.1 Å². The SMILES string of the molecule is CC(C)OC(=O)CCNc1nccc(C(C#N)c2nc3ccccc3s2)n1. The molecule has 0 aliphatic heterocycles. The number of rotatable bonds is 7. The van der Waals surface area contributed by atoms with Crippen LogP contribution in [0.4, 0.5) is 5.95 Å². The number of hydrogen-bond acceptors (Lipinski definition) is 8. The number of para-hydroxylation sites is 1. The molecule has 0 saturated carbocycles. The molecule has 0 amide bonds. The van der Waals surface area contributed by atoms with Gasteiger partial charge in [0.15, 0.2) is 0 Å². The molecule has 1 atom stereocenters. The Bertz CT molecular complexity index is 946. The van der Waals surface area contributed by atoms with Crippen LogP contribution in [-0.4, -0.2) is 33.6 Å². The average molecular weight is 381 g/mol. The van der Waals surface area contributed by atoms with Crippen molar-refractivity contribution in [2.24, 2.45) is 0 Å². The summed E-state index contributed by atoms with van der Waals surface area (Å²) in [6.07, 6.45) is 1.67. The first-order chi connectivity index (χ1) is 13.1. The minimum Gasteiger partial charge on any atom is -0.463 e. The summed E-state index contributed by atoms with van der Waals surface area (Å²) in [7, 11) is 0. The fraction of sp³-hybridized carbons (Fsp3) is 0.316. The zero-order valence-corrected chi connectivity index (χ0v) is 15.9. The average Bonchev–Trinajstić information content (AvgIpc) is 3.06. The maximum atomic E-state index is 11.6. The molecule has 7 nitrogen and oxygen atoms in total. The maximum absolute atomic E-state index is 11.6. The Morgan fingerprint density at radius 3 is 2.85 bits per heavy atom. The van der Waals surface area contributed by atoms with Gasteiger partial charge in [0, 0.05) is 12.7 Å². The molecular weight excluding hydrogens is 362 g/mol. The van der Waals surface area contributed by atoms with Crippen molar-refractivity contribution in [2.75, 3.05) is 11.9 Å². The highest BCUT2D eigenvalue weighted by Gasteiger charge is 2.20. The van der Waals surface area contributed by atoms with Crippen molar-refractivity contribution < 1.29 is 9.53 Å². The number of benzene rings is 1. The van der Waals surface area contributed by atoms with E-state index in [0.29, 0.717) is 23.2 Å². The zero-order valence-electron chi connectivity index (χ0n) is 15.0. The molecule has 0 aliphatic rings. The normalized spacial score (nSPS) is 11.9. The first kappa shape index (κ1) is 18.7. The van der Waals surface area contributed by atoms with Crippen molar-refractivity contribution in [2.45, 2.75) is 32.3 Å². The van der Waals surface area contributed by atoms with Gasteiger partial charge in [0.2, 0.25) is 5.95 Å². The number of ether oxygens (including phenoxy) is 1. The van der Waals surface area contributed by atoms with E-state index in [-0.39, 0.29) is 18.5 Å². The van der Waals surface area contributed by atoms with E-state index in [4.69, 9.17) is 4.74 Å². The number of thiazole rings is 1. The fourth-order valence-corrected chi connectivity index (χ4v) is 3.50. The number of nitrogens with zero attached hydrogens (tertiary/aromatic N) is 4. The monoisotopic (exact) mass is 381 g/mol. The van der Waals surface area contributed by atoms with Crippen LogP contribution in [0.3, 0.4) is 0 Å². The molecule has 0 spiro atoms. The molecule has 8 heteroatoms. The van der Waals surface area contributed by atoms with Crippen LogP contribution < -0.4 is 5.32 Å². The van der Waals surface area contributed by atoms with Crippen LogP contribution in [0.25, 0.3) is 10.2 Å². The molecule has 138 valence electrons. The summed E-state index contributed by atoms with van der Waals surface area (Å²) in [4.78, 5) is 24.7. The number of carbonyl (C=O) groups excluding carboxylic acids is 1. The number of anilines is 1. The number of aromatic nitrogens is 3. The number of fused-ring (bicyclic) bond motifs is 1. The Morgan fingerprint density at radius 1 is 1.30 bits per heavy atom. The molecular formula is C19H19N5O2S. The summed E-state index contributed by atoms with van der Waals surface area (Å²) in [6.45, 7) is 3.97. The first-order valence-electron chi connectivity index (χ1n) is 8.58. The molecule has 1 aromatic carbocycles. The minimum atomic E-state index is -0.572. The van der Waals surface area contributed by atoms with Crippen molar-refractivity contribution in [1.82, 2.24) is 15.0 Å². The van der Waals surface area contributed by atoms with Crippen LogP contribution in [0.5, 0.6) is 0 Å². The summed E-state index contributed by atoms with van der Waals surface area (Å²) in [5.41, 5.74) is 1.44. The molecule has 3 rings (SSSR count). The summed E-state index contributed by atoms with van der Waals surface area (Å²) < 4.78 is 6.12. The van der Waals surface area contributed by atoms with Gasteiger partial charge in [-0.3, -0.25) is 4.79 Å². The summed E-state index contributed by atoms with van der Waals surface area (Å²) >= 11 is 1.48. The van der Waals surface area contributed by atoms with E-state index in [1.807, 2.05) is 38.1 Å². The zero-order chi connectivity index (χ0) is 19.2. The molecule has 2 aromatic heterocycles. The predicted octanol–water partition coefficient (Wildman–Crippen LogP) is 3.50. The molecule has 0 aliphatic carbocycles. The minimum absolute atomic E-state index is 0.137. The molecule has 1 N–H and O–H groups in total. The third-order valence-electron chi connectivity index (χ3n) is 3.64. The van der Waals surface area contributed by atoms with Crippen LogP contribution >= 0.6 is 11.3 Å². The highest BCUT2D eigenvalue weighted by molar-refractivity contribution is 7.18. The van der Waals surface area contributed by atoms with Crippen LogP contribution in [0.2, 0.25) is 0 Å². The lowest BCUT2D eigenvalue weighted by atomic mass is 10.1. The van der Waals surface area contributed by atoms with Crippen molar-refractivity contribution in [3.05, 3.63) is 47.2 Å². The Labute approximate surface area is 161 Å². The second-order valence-corrected chi connectivity index (χ2v) is 7.16. The summed E-state index contributed by atoms with van der Waals surface area (Å²) in [6, 6.07) is 11.8. The Morgan fingerprint density at radius 2 is 2.11 bits per heavy atom. The van der Waals surface area contributed by atoms with Crippen molar-refractivity contribution >= 4 is 33.5 Å². The van der Waals surface area contributed by atoms with Gasteiger partial charge in [-0.15, -0.1) is 11.3 Å². The smallest absolute Gasteiger partial charge is 0.307 e. The first-order valence-corrected chi connectivity index (χ1v) is 9.40. The highest BCUT2D eigenvalue weighted by Crippen LogP contribution is 2.30. The van der Waals surface area contributed by atoms with Crippen LogP contribution in [0.1, 0.15) is 36.9 Å². The van der Waals surface area contributed by atoms with Gasteiger partial charge in [-0.2, -0.15) is 5.26 Å². The third kappa shape index (κ3) is 4.77. The van der Waals surface area contributed by atoms with E-state index < -0.39 is 5.92 Å². The maximum Gasteiger partial charge on any atom is 0.307 e. The number of hydrogen-bond donors (Lipinski definition) is 1. The molecule has 3 aromatic rings. The number of carbonyl (C=O) groups is 1. The van der Waals surface area contributed by atoms with Gasteiger partial charge in [-0.25, -0.2) is 15.0 Å². The third-order valence-corrected chi connectivity index (χ3v) is 4.74. The molecule has 0 radical (unpaired) electrons. The van der Waals surface area contributed by atoms with Gasteiger partial charge in [-0.05, 0) is 32.0 Å². The van der Waals surface area contributed by atoms with E-state index in [2.05, 4.69) is 26.3 Å². The van der Waals surface area contributed by atoms with E-state index in [1.54, 1.807) is 12.3 Å². The van der Waals surface area contributed by atoms with Gasteiger partial charge in [0.1, 0.15) is 10.9 Å². The summed E-state index contributed by atoms with van der Waals surface area (Å²) in [5, 5.41) is 13.4. The molecule has 27 heavy (non-hydrogen) atoms. The van der Waals surface area contributed by atoms with E-state index in [9.17, 15) is 10.1 Å². The van der Waals surface area contributed by atoms with Gasteiger partial charge < -0.3 is 10.1 Å². The largest absolute Gasteiger partial charge is 0.463 e. The Kier molecular flexibility index (Phi) is 5.94. The highest BCUT2D eigenvalue weighted by atomic mass is 32.1. The second kappa shape index (κ2) is 8.56.